The monoisotopic (exact) mass is 453 g/mol. The Morgan fingerprint density at radius 2 is 1.91 bits per heavy atom. The van der Waals surface area contributed by atoms with Crippen molar-refractivity contribution in [1.82, 2.24) is 5.01 Å². The van der Waals surface area contributed by atoms with E-state index < -0.39 is 6.23 Å². The molecule has 4 rings (SSSR count). The third-order valence-electron chi connectivity index (χ3n) is 5.73. The van der Waals surface area contributed by atoms with Crippen molar-refractivity contribution < 1.29 is 19.1 Å². The maximum Gasteiger partial charge on any atom is 0.305 e. The summed E-state index contributed by atoms with van der Waals surface area (Å²) in [5.74, 6) is 2.24. The first-order chi connectivity index (χ1) is 15.5. The predicted molar refractivity (Wildman–Crippen MR) is 125 cm³/mol. The van der Waals surface area contributed by atoms with E-state index >= 15 is 0 Å². The zero-order valence-corrected chi connectivity index (χ0v) is 18.8. The van der Waals surface area contributed by atoms with Crippen LogP contribution in [0.4, 0.5) is 0 Å². The van der Waals surface area contributed by atoms with E-state index in [1.165, 1.54) is 7.11 Å². The molecule has 168 valence electrons. The predicted octanol–water partition coefficient (Wildman–Crippen LogP) is 2.70. The van der Waals surface area contributed by atoms with Crippen LogP contribution in [-0.4, -0.2) is 60.9 Å². The lowest BCUT2D eigenvalue weighted by atomic mass is 9.90. The lowest BCUT2D eigenvalue weighted by molar-refractivity contribution is -0.142. The van der Waals surface area contributed by atoms with Gasteiger partial charge in [0.2, 0.25) is 0 Å². The molecule has 2 aliphatic rings. The average Bonchev–Trinajstić information content (AvgIpc) is 2.83. The highest BCUT2D eigenvalue weighted by atomic mass is 32.2. The van der Waals surface area contributed by atoms with Gasteiger partial charge >= 0.3 is 5.97 Å². The minimum atomic E-state index is -0.621. The van der Waals surface area contributed by atoms with E-state index in [-0.39, 0.29) is 24.1 Å². The summed E-state index contributed by atoms with van der Waals surface area (Å²) in [5.41, 5.74) is 9.12. The largest absolute Gasteiger partial charge is 0.475 e. The van der Waals surface area contributed by atoms with Crippen molar-refractivity contribution in [2.75, 3.05) is 31.7 Å². The van der Waals surface area contributed by atoms with Crippen LogP contribution in [0.5, 0.6) is 5.75 Å². The van der Waals surface area contributed by atoms with Crippen LogP contribution in [-0.2, 0) is 16.0 Å². The lowest BCUT2D eigenvalue weighted by Gasteiger charge is -2.30. The number of carbonyl (C=O) groups is 2. The molecule has 0 saturated carbocycles. The summed E-state index contributed by atoms with van der Waals surface area (Å²) in [6.45, 7) is 1.93. The van der Waals surface area contributed by atoms with Gasteiger partial charge in [-0.05, 0) is 23.6 Å². The van der Waals surface area contributed by atoms with Crippen molar-refractivity contribution in [2.45, 2.75) is 19.1 Å². The van der Waals surface area contributed by atoms with Crippen LogP contribution in [0, 0.1) is 5.92 Å². The van der Waals surface area contributed by atoms with E-state index in [2.05, 4.69) is 10.1 Å². The first-order valence-electron chi connectivity index (χ1n) is 10.7. The van der Waals surface area contributed by atoms with Gasteiger partial charge in [-0.3, -0.25) is 20.3 Å². The molecular weight excluding hydrogens is 426 g/mol. The number of fused-ring (bicyclic) bond motifs is 1. The second kappa shape index (κ2) is 10.2. The fraction of sp³-hybridized carbons (Fsp3) is 0.375. The van der Waals surface area contributed by atoms with Crippen molar-refractivity contribution >= 4 is 29.7 Å². The van der Waals surface area contributed by atoms with E-state index in [0.717, 1.165) is 35.7 Å². The highest BCUT2D eigenvalue weighted by Gasteiger charge is 2.30. The maximum atomic E-state index is 13.0. The number of esters is 1. The Morgan fingerprint density at radius 1 is 1.19 bits per heavy atom. The van der Waals surface area contributed by atoms with Gasteiger partial charge in [-0.2, -0.15) is 16.9 Å². The van der Waals surface area contributed by atoms with Gasteiger partial charge in [0.05, 0.1) is 19.7 Å². The average molecular weight is 454 g/mol. The van der Waals surface area contributed by atoms with Crippen LogP contribution in [0.1, 0.15) is 33.5 Å². The van der Waals surface area contributed by atoms with E-state index in [1.807, 2.05) is 48.3 Å². The molecule has 2 N–H and O–H groups in total. The molecular formula is C24H27N3O4S. The molecule has 2 aromatic rings. The molecule has 0 bridgehead atoms. The summed E-state index contributed by atoms with van der Waals surface area (Å²) in [5, 5.41) is 6.60. The molecule has 1 saturated heterocycles. The van der Waals surface area contributed by atoms with Crippen molar-refractivity contribution in [3.05, 3.63) is 64.7 Å². The van der Waals surface area contributed by atoms with Crippen LogP contribution in [0.25, 0.3) is 0 Å². The molecule has 32 heavy (non-hydrogen) atoms. The molecule has 2 unspecified atom stereocenters. The molecule has 0 amide bonds. The molecule has 0 aliphatic carbocycles. The van der Waals surface area contributed by atoms with Crippen LogP contribution in [0.2, 0.25) is 0 Å². The number of hydrazone groups is 1. The minimum Gasteiger partial charge on any atom is -0.475 e. The molecule has 8 heteroatoms. The van der Waals surface area contributed by atoms with Crippen molar-refractivity contribution in [2.24, 2.45) is 16.8 Å². The van der Waals surface area contributed by atoms with Gasteiger partial charge in [0, 0.05) is 41.6 Å². The number of nitrogens with two attached hydrogens (primary N) is 1. The molecule has 2 atom stereocenters. The SMILES string of the molecule is COC(=O)CC1Cc2ccc(C(=O)c3ccc(C=NN4CCSCC4)cc3)cc2OC1N. The zero-order chi connectivity index (χ0) is 22.5. The molecule has 0 aromatic heterocycles. The summed E-state index contributed by atoms with van der Waals surface area (Å²) < 4.78 is 10.6. The summed E-state index contributed by atoms with van der Waals surface area (Å²) in [4.78, 5) is 24.6. The minimum absolute atomic E-state index is 0.0850. The van der Waals surface area contributed by atoms with E-state index in [9.17, 15) is 9.59 Å². The third kappa shape index (κ3) is 5.31. The van der Waals surface area contributed by atoms with Gasteiger partial charge in [-0.15, -0.1) is 0 Å². The van der Waals surface area contributed by atoms with Crippen molar-refractivity contribution in [1.29, 1.82) is 0 Å². The number of benzene rings is 2. The molecule has 0 spiro atoms. The molecule has 2 aromatic carbocycles. The Bertz CT molecular complexity index is 1000. The van der Waals surface area contributed by atoms with Crippen molar-refractivity contribution in [3.63, 3.8) is 0 Å². The van der Waals surface area contributed by atoms with Gasteiger partial charge in [-0.25, -0.2) is 0 Å². The fourth-order valence-corrected chi connectivity index (χ4v) is 4.69. The standard InChI is InChI=1S/C24H27N3O4S/c1-30-22(28)14-20-12-18-6-7-19(13-21(18)31-24(20)25)23(29)17-4-2-16(3-5-17)15-26-27-8-10-32-11-9-27/h2-7,13,15,20,24H,8-12,14,25H2,1H3. The third-order valence-corrected chi connectivity index (χ3v) is 6.67. The second-order valence-electron chi connectivity index (χ2n) is 7.91. The molecule has 2 heterocycles. The fourth-order valence-electron chi connectivity index (χ4n) is 3.81. The Kier molecular flexibility index (Phi) is 7.12. The van der Waals surface area contributed by atoms with E-state index in [1.54, 1.807) is 12.1 Å². The van der Waals surface area contributed by atoms with Crippen LogP contribution < -0.4 is 10.5 Å². The summed E-state index contributed by atoms with van der Waals surface area (Å²) in [7, 11) is 1.36. The van der Waals surface area contributed by atoms with Gasteiger partial charge in [0.25, 0.3) is 0 Å². The van der Waals surface area contributed by atoms with Gasteiger partial charge in [0.1, 0.15) is 5.75 Å². The molecule has 1 fully saturated rings. The topological polar surface area (TPSA) is 94.2 Å². The quantitative estimate of drug-likeness (QED) is 0.408. The number of hydrogen-bond donors (Lipinski definition) is 1. The Hall–Kier alpha value is -2.84. The molecule has 0 radical (unpaired) electrons. The number of thioether (sulfide) groups is 1. The van der Waals surface area contributed by atoms with Crippen LogP contribution in [0.3, 0.4) is 0 Å². The first kappa shape index (κ1) is 22.4. The number of methoxy groups -OCH3 is 1. The lowest BCUT2D eigenvalue weighted by Crippen LogP contribution is -2.41. The van der Waals surface area contributed by atoms with Gasteiger partial charge < -0.3 is 9.47 Å². The molecule has 2 aliphatic heterocycles. The highest BCUT2D eigenvalue weighted by Crippen LogP contribution is 2.32. The smallest absolute Gasteiger partial charge is 0.305 e. The van der Waals surface area contributed by atoms with E-state index in [0.29, 0.717) is 23.3 Å². The van der Waals surface area contributed by atoms with E-state index in [4.69, 9.17) is 15.2 Å². The number of carbonyl (C=O) groups excluding carboxylic acids is 2. The number of hydrogen-bond acceptors (Lipinski definition) is 8. The second-order valence-corrected chi connectivity index (χ2v) is 9.14. The van der Waals surface area contributed by atoms with Gasteiger partial charge in [-0.1, -0.05) is 36.4 Å². The summed E-state index contributed by atoms with van der Waals surface area (Å²) in [6.07, 6.45) is 2.01. The van der Waals surface area contributed by atoms with Gasteiger partial charge in [0.15, 0.2) is 12.0 Å². The normalized spacial score (nSPS) is 20.5. The highest BCUT2D eigenvalue weighted by molar-refractivity contribution is 7.99. The number of rotatable bonds is 6. The number of ether oxygens (including phenoxy) is 2. The number of nitrogens with zero attached hydrogens (tertiary/aromatic N) is 2. The summed E-state index contributed by atoms with van der Waals surface area (Å²) >= 11 is 1.95. The van der Waals surface area contributed by atoms with Crippen molar-refractivity contribution in [3.8, 4) is 5.75 Å². The van der Waals surface area contributed by atoms with Crippen LogP contribution >= 0.6 is 11.8 Å². The Balaban J connectivity index is 1.43. The van der Waals surface area contributed by atoms with Crippen LogP contribution in [0.15, 0.2) is 47.6 Å². The summed E-state index contributed by atoms with van der Waals surface area (Å²) in [6, 6.07) is 12.8. The number of ketones is 1. The Morgan fingerprint density at radius 3 is 2.62 bits per heavy atom. The maximum absolute atomic E-state index is 13.0. The Labute approximate surface area is 191 Å². The zero-order valence-electron chi connectivity index (χ0n) is 18.0. The molecule has 7 nitrogen and oxygen atoms in total. The first-order valence-corrected chi connectivity index (χ1v) is 11.8.